The number of hydrogen-bond donors (Lipinski definition) is 0. The average Bonchev–Trinajstić information content (AvgIpc) is 2.51. The number of nitrogens with zero attached hydrogens (tertiary/aromatic N) is 2. The number of sulfone groups is 1. The number of ether oxygens (including phenoxy) is 1. The number of amides is 2. The van der Waals surface area contributed by atoms with Crippen molar-refractivity contribution in [3.8, 4) is 0 Å². The first-order valence-corrected chi connectivity index (χ1v) is 10.8. The van der Waals surface area contributed by atoms with Gasteiger partial charge in [-0.05, 0) is 52.3 Å². The summed E-state index contributed by atoms with van der Waals surface area (Å²) in [5, 5.41) is 0. The van der Waals surface area contributed by atoms with Crippen LogP contribution < -0.4 is 0 Å². The van der Waals surface area contributed by atoms with E-state index in [0.29, 0.717) is 30.8 Å². The molecular formula is C19H28N2O5S. The summed E-state index contributed by atoms with van der Waals surface area (Å²) < 4.78 is 29.0. The van der Waals surface area contributed by atoms with Gasteiger partial charge in [0.05, 0.1) is 4.90 Å². The Morgan fingerprint density at radius 2 is 1.81 bits per heavy atom. The van der Waals surface area contributed by atoms with Crippen molar-refractivity contribution in [1.29, 1.82) is 0 Å². The van der Waals surface area contributed by atoms with Gasteiger partial charge in [0.15, 0.2) is 9.84 Å². The van der Waals surface area contributed by atoms with Gasteiger partial charge in [-0.15, -0.1) is 0 Å². The molecule has 2 amide bonds. The summed E-state index contributed by atoms with van der Waals surface area (Å²) >= 11 is 0. The predicted molar refractivity (Wildman–Crippen MR) is 103 cm³/mol. The molecule has 8 heteroatoms. The molecule has 1 atom stereocenters. The fraction of sp³-hybridized carbons (Fsp3) is 0.579. The second-order valence-electron chi connectivity index (χ2n) is 8.02. The van der Waals surface area contributed by atoms with E-state index >= 15 is 0 Å². The Kier molecular flexibility index (Phi) is 5.89. The van der Waals surface area contributed by atoms with Gasteiger partial charge >= 0.3 is 6.09 Å². The quantitative estimate of drug-likeness (QED) is 0.767. The molecule has 0 saturated carbocycles. The van der Waals surface area contributed by atoms with E-state index in [1.807, 2.05) is 27.7 Å². The minimum atomic E-state index is -3.40. The second kappa shape index (κ2) is 7.50. The molecule has 7 nitrogen and oxygen atoms in total. The number of piperazine rings is 1. The van der Waals surface area contributed by atoms with Crippen LogP contribution in [0.25, 0.3) is 0 Å². The number of carbonyl (C=O) groups excluding carboxylic acids is 2. The first-order chi connectivity index (χ1) is 12.3. The highest BCUT2D eigenvalue weighted by Gasteiger charge is 2.33. The van der Waals surface area contributed by atoms with Gasteiger partial charge in [-0.1, -0.05) is 6.07 Å². The topological polar surface area (TPSA) is 84.0 Å². The Labute approximate surface area is 161 Å². The van der Waals surface area contributed by atoms with Crippen LogP contribution in [0.4, 0.5) is 4.79 Å². The highest BCUT2D eigenvalue weighted by molar-refractivity contribution is 7.90. The van der Waals surface area contributed by atoms with Crippen molar-refractivity contribution >= 4 is 21.8 Å². The van der Waals surface area contributed by atoms with Crippen LogP contribution in [0.2, 0.25) is 0 Å². The van der Waals surface area contributed by atoms with E-state index in [4.69, 9.17) is 4.74 Å². The standard InChI is InChI=1S/C19H28N2O5S/c1-13-7-8-15(27(6,24)25)11-16(13)17(22)21-10-9-20(12-14(21)2)18(23)26-19(3,4)5/h7-8,11,14H,9-10,12H2,1-6H3. The zero-order valence-electron chi connectivity index (χ0n) is 16.8. The van der Waals surface area contributed by atoms with Gasteiger partial charge in [-0.3, -0.25) is 4.79 Å². The van der Waals surface area contributed by atoms with Crippen LogP contribution in [0, 0.1) is 6.92 Å². The molecule has 1 fully saturated rings. The van der Waals surface area contributed by atoms with Gasteiger partial charge in [0.1, 0.15) is 5.60 Å². The molecule has 0 spiro atoms. The molecule has 1 heterocycles. The smallest absolute Gasteiger partial charge is 0.410 e. The van der Waals surface area contributed by atoms with Crippen molar-refractivity contribution in [2.24, 2.45) is 0 Å². The lowest BCUT2D eigenvalue weighted by molar-refractivity contribution is 0.00614. The minimum Gasteiger partial charge on any atom is -0.444 e. The normalized spacial score (nSPS) is 18.4. The van der Waals surface area contributed by atoms with Crippen LogP contribution in [0.1, 0.15) is 43.6 Å². The van der Waals surface area contributed by atoms with Gasteiger partial charge in [0, 0.05) is 37.5 Å². The molecule has 1 aliphatic rings. The van der Waals surface area contributed by atoms with E-state index in [1.165, 1.54) is 12.1 Å². The average molecular weight is 397 g/mol. The third-order valence-electron chi connectivity index (χ3n) is 4.41. The predicted octanol–water partition coefficient (Wildman–Crippen LogP) is 2.48. The van der Waals surface area contributed by atoms with Crippen molar-refractivity contribution in [3.63, 3.8) is 0 Å². The number of benzene rings is 1. The summed E-state index contributed by atoms with van der Waals surface area (Å²) in [5.74, 6) is -0.227. The number of rotatable bonds is 2. The minimum absolute atomic E-state index is 0.122. The van der Waals surface area contributed by atoms with Gasteiger partial charge in [0.25, 0.3) is 5.91 Å². The third kappa shape index (κ3) is 5.22. The van der Waals surface area contributed by atoms with E-state index in [-0.39, 0.29) is 16.8 Å². The maximum atomic E-state index is 13.0. The molecule has 0 radical (unpaired) electrons. The van der Waals surface area contributed by atoms with Crippen LogP contribution in [0.5, 0.6) is 0 Å². The number of aryl methyl sites for hydroxylation is 1. The van der Waals surface area contributed by atoms with Crippen molar-refractivity contribution in [3.05, 3.63) is 29.3 Å². The summed E-state index contributed by atoms with van der Waals surface area (Å²) in [6.45, 7) is 10.2. The van der Waals surface area contributed by atoms with Crippen molar-refractivity contribution in [1.82, 2.24) is 9.80 Å². The highest BCUT2D eigenvalue weighted by atomic mass is 32.2. The van der Waals surface area contributed by atoms with E-state index in [9.17, 15) is 18.0 Å². The molecular weight excluding hydrogens is 368 g/mol. The summed E-state index contributed by atoms with van der Waals surface area (Å²) in [5.41, 5.74) is 0.515. The Morgan fingerprint density at radius 1 is 1.19 bits per heavy atom. The first-order valence-electron chi connectivity index (χ1n) is 8.89. The molecule has 0 N–H and O–H groups in total. The maximum Gasteiger partial charge on any atom is 0.410 e. The first kappa shape index (κ1) is 21.2. The van der Waals surface area contributed by atoms with Crippen LogP contribution in [0.3, 0.4) is 0 Å². The van der Waals surface area contributed by atoms with Crippen LogP contribution in [0.15, 0.2) is 23.1 Å². The van der Waals surface area contributed by atoms with E-state index < -0.39 is 21.5 Å². The van der Waals surface area contributed by atoms with Crippen LogP contribution in [-0.4, -0.2) is 67.8 Å². The largest absolute Gasteiger partial charge is 0.444 e. The fourth-order valence-corrected chi connectivity index (χ4v) is 3.62. The maximum absolute atomic E-state index is 13.0. The van der Waals surface area contributed by atoms with Crippen LogP contribution in [-0.2, 0) is 14.6 Å². The second-order valence-corrected chi connectivity index (χ2v) is 10.0. The summed E-state index contributed by atoms with van der Waals surface area (Å²) in [7, 11) is -3.40. The summed E-state index contributed by atoms with van der Waals surface area (Å²) in [6, 6.07) is 4.37. The van der Waals surface area contributed by atoms with E-state index in [2.05, 4.69) is 0 Å². The molecule has 1 saturated heterocycles. The third-order valence-corrected chi connectivity index (χ3v) is 5.52. The lowest BCUT2D eigenvalue weighted by atomic mass is 10.1. The Balaban J connectivity index is 2.17. The molecule has 0 aliphatic carbocycles. The van der Waals surface area contributed by atoms with Crippen molar-refractivity contribution in [2.75, 3.05) is 25.9 Å². The molecule has 1 unspecified atom stereocenters. The molecule has 1 aromatic rings. The molecule has 1 aliphatic heterocycles. The fourth-order valence-electron chi connectivity index (χ4n) is 2.97. The molecule has 0 aromatic heterocycles. The monoisotopic (exact) mass is 396 g/mol. The summed E-state index contributed by atoms with van der Waals surface area (Å²) in [6.07, 6.45) is 0.727. The summed E-state index contributed by atoms with van der Waals surface area (Å²) in [4.78, 5) is 28.7. The molecule has 1 aromatic carbocycles. The van der Waals surface area contributed by atoms with E-state index in [0.717, 1.165) is 6.26 Å². The molecule has 27 heavy (non-hydrogen) atoms. The Hall–Kier alpha value is -2.09. The lowest BCUT2D eigenvalue weighted by Crippen LogP contribution is -2.56. The van der Waals surface area contributed by atoms with Crippen molar-refractivity contribution < 1.29 is 22.7 Å². The van der Waals surface area contributed by atoms with Gasteiger partial charge in [-0.25, -0.2) is 13.2 Å². The van der Waals surface area contributed by atoms with Gasteiger partial charge in [0.2, 0.25) is 0 Å². The molecule has 2 rings (SSSR count). The Morgan fingerprint density at radius 3 is 2.33 bits per heavy atom. The zero-order valence-corrected chi connectivity index (χ0v) is 17.6. The lowest BCUT2D eigenvalue weighted by Gasteiger charge is -2.40. The van der Waals surface area contributed by atoms with Crippen molar-refractivity contribution in [2.45, 2.75) is 51.2 Å². The number of hydrogen-bond acceptors (Lipinski definition) is 5. The molecule has 0 bridgehead atoms. The Bertz CT molecular complexity index is 842. The van der Waals surface area contributed by atoms with Gasteiger partial charge in [-0.2, -0.15) is 0 Å². The molecule has 150 valence electrons. The van der Waals surface area contributed by atoms with Gasteiger partial charge < -0.3 is 14.5 Å². The SMILES string of the molecule is Cc1ccc(S(C)(=O)=O)cc1C(=O)N1CCN(C(=O)OC(C)(C)C)CC1C. The highest BCUT2D eigenvalue weighted by Crippen LogP contribution is 2.21. The number of carbonyl (C=O) groups is 2. The van der Waals surface area contributed by atoms with E-state index in [1.54, 1.807) is 22.8 Å². The van der Waals surface area contributed by atoms with Crippen LogP contribution >= 0.6 is 0 Å². The zero-order chi connectivity index (χ0) is 20.6.